The highest BCUT2D eigenvalue weighted by Crippen LogP contribution is 2.35. The molecule has 2 aromatic rings. The third kappa shape index (κ3) is 2.66. The maximum absolute atomic E-state index is 13.2. The molecule has 1 fully saturated rings. The average molecular weight is 314 g/mol. The first-order valence-corrected chi connectivity index (χ1v) is 7.58. The number of halogens is 2. The van der Waals surface area contributed by atoms with Crippen LogP contribution in [-0.4, -0.2) is 25.7 Å². The van der Waals surface area contributed by atoms with Gasteiger partial charge in [-0.25, -0.2) is 4.39 Å². The molecule has 0 aliphatic carbocycles. The van der Waals surface area contributed by atoms with Crippen molar-refractivity contribution in [1.82, 2.24) is 5.32 Å². The molecule has 2 heterocycles. The van der Waals surface area contributed by atoms with Gasteiger partial charge >= 0.3 is 0 Å². The molecule has 3 nitrogen and oxygen atoms in total. The molecule has 6 heteroatoms. The van der Waals surface area contributed by atoms with Crippen molar-refractivity contribution in [2.24, 2.45) is 5.92 Å². The highest BCUT2D eigenvalue weighted by atomic mass is 35.5. The summed E-state index contributed by atoms with van der Waals surface area (Å²) in [6, 6.07) is 4.34. The van der Waals surface area contributed by atoms with Crippen molar-refractivity contribution in [3.05, 3.63) is 33.9 Å². The monoisotopic (exact) mass is 313 g/mol. The Kier molecular flexibility index (Phi) is 3.92. The molecule has 106 valence electrons. The minimum absolute atomic E-state index is 0.205. The smallest absolute Gasteiger partial charge is 0.262 e. The first-order valence-electron chi connectivity index (χ1n) is 6.38. The van der Waals surface area contributed by atoms with Crippen molar-refractivity contribution >= 4 is 38.9 Å². The molecule has 1 aliphatic heterocycles. The van der Waals surface area contributed by atoms with Crippen LogP contribution >= 0.6 is 22.9 Å². The van der Waals surface area contributed by atoms with Crippen molar-refractivity contribution < 1.29 is 13.9 Å². The van der Waals surface area contributed by atoms with Crippen LogP contribution < -0.4 is 5.32 Å². The molecule has 1 N–H and O–H groups in total. The van der Waals surface area contributed by atoms with Crippen LogP contribution in [0, 0.1) is 11.7 Å². The number of ether oxygens (including phenoxy) is 1. The lowest BCUT2D eigenvalue weighted by atomic mass is 10.1. The Balaban J connectivity index is 1.78. The lowest BCUT2D eigenvalue weighted by Crippen LogP contribution is -2.29. The summed E-state index contributed by atoms with van der Waals surface area (Å²) in [5, 5.41) is 3.98. The minimum atomic E-state index is -0.328. The first kappa shape index (κ1) is 13.8. The standard InChI is InChI=1S/C14H13ClFNO2S/c15-12-10-2-1-9(16)5-11(10)20-13(12)14(18)17-6-8-3-4-19-7-8/h1-2,5,8H,3-4,6-7H2,(H,17,18)/t8-/m1/s1. The van der Waals surface area contributed by atoms with Crippen LogP contribution in [0.1, 0.15) is 16.1 Å². The van der Waals surface area contributed by atoms with Crippen molar-refractivity contribution in [3.8, 4) is 0 Å². The van der Waals surface area contributed by atoms with Gasteiger partial charge in [0.1, 0.15) is 10.7 Å². The highest BCUT2D eigenvalue weighted by molar-refractivity contribution is 7.21. The lowest BCUT2D eigenvalue weighted by Gasteiger charge is -2.08. The van der Waals surface area contributed by atoms with Crippen LogP contribution in [0.15, 0.2) is 18.2 Å². The molecule has 1 amide bonds. The number of hydrogen-bond donors (Lipinski definition) is 1. The molecule has 1 aromatic carbocycles. The van der Waals surface area contributed by atoms with Gasteiger partial charge < -0.3 is 10.1 Å². The van der Waals surface area contributed by atoms with Gasteiger partial charge in [0.2, 0.25) is 0 Å². The molecule has 1 atom stereocenters. The van der Waals surface area contributed by atoms with Gasteiger partial charge in [0, 0.05) is 29.2 Å². The number of benzene rings is 1. The summed E-state index contributed by atoms with van der Waals surface area (Å²) in [6.07, 6.45) is 0.964. The van der Waals surface area contributed by atoms with Crippen LogP contribution in [0.5, 0.6) is 0 Å². The number of carbonyl (C=O) groups is 1. The van der Waals surface area contributed by atoms with Gasteiger partial charge in [-0.2, -0.15) is 0 Å². The van der Waals surface area contributed by atoms with Crippen LogP contribution in [-0.2, 0) is 4.74 Å². The maximum atomic E-state index is 13.2. The van der Waals surface area contributed by atoms with Crippen LogP contribution in [0.4, 0.5) is 4.39 Å². The summed E-state index contributed by atoms with van der Waals surface area (Å²) in [6.45, 7) is 2.02. The molecule has 1 saturated heterocycles. The van der Waals surface area contributed by atoms with Crippen LogP contribution in [0.2, 0.25) is 5.02 Å². The SMILES string of the molecule is O=C(NC[C@H]1CCOC1)c1sc2cc(F)ccc2c1Cl. The van der Waals surface area contributed by atoms with E-state index < -0.39 is 0 Å². The number of thiophene rings is 1. The Morgan fingerprint density at radius 2 is 2.40 bits per heavy atom. The number of hydrogen-bond acceptors (Lipinski definition) is 3. The molecular formula is C14H13ClFNO2S. The molecule has 0 spiro atoms. The number of fused-ring (bicyclic) bond motifs is 1. The van der Waals surface area contributed by atoms with Crippen molar-refractivity contribution in [1.29, 1.82) is 0 Å². The number of nitrogens with one attached hydrogen (secondary N) is 1. The maximum Gasteiger partial charge on any atom is 0.262 e. The Morgan fingerprint density at radius 3 is 3.15 bits per heavy atom. The summed E-state index contributed by atoms with van der Waals surface area (Å²) in [4.78, 5) is 12.6. The van der Waals surface area contributed by atoms with E-state index >= 15 is 0 Å². The van der Waals surface area contributed by atoms with Crippen molar-refractivity contribution in [3.63, 3.8) is 0 Å². The fourth-order valence-corrected chi connectivity index (χ4v) is 3.70. The molecule has 0 radical (unpaired) electrons. The molecule has 1 aliphatic rings. The van der Waals surface area contributed by atoms with E-state index in [0.717, 1.165) is 13.0 Å². The Morgan fingerprint density at radius 1 is 1.55 bits per heavy atom. The first-order chi connectivity index (χ1) is 9.65. The average Bonchev–Trinajstić information content (AvgIpc) is 3.04. The van der Waals surface area contributed by atoms with Gasteiger partial charge in [0.25, 0.3) is 5.91 Å². The highest BCUT2D eigenvalue weighted by Gasteiger charge is 2.20. The summed E-state index contributed by atoms with van der Waals surface area (Å²) in [5.41, 5.74) is 0. The minimum Gasteiger partial charge on any atom is -0.381 e. The quantitative estimate of drug-likeness (QED) is 0.942. The fraction of sp³-hybridized carbons (Fsp3) is 0.357. The molecule has 0 unspecified atom stereocenters. The van der Waals surface area contributed by atoms with E-state index in [-0.39, 0.29) is 11.7 Å². The largest absolute Gasteiger partial charge is 0.381 e. The van der Waals surface area contributed by atoms with Gasteiger partial charge in [-0.1, -0.05) is 11.6 Å². The van der Waals surface area contributed by atoms with Gasteiger partial charge in [-0.05, 0) is 24.6 Å². The second kappa shape index (κ2) is 5.68. The zero-order valence-corrected chi connectivity index (χ0v) is 12.2. The second-order valence-corrected chi connectivity index (χ2v) is 6.26. The number of carbonyl (C=O) groups excluding carboxylic acids is 1. The lowest BCUT2D eigenvalue weighted by molar-refractivity contribution is 0.0949. The predicted octanol–water partition coefficient (Wildman–Crippen LogP) is 3.46. The van der Waals surface area contributed by atoms with Gasteiger partial charge in [-0.3, -0.25) is 4.79 Å². The van der Waals surface area contributed by atoms with Gasteiger partial charge in [0.15, 0.2) is 0 Å². The van der Waals surface area contributed by atoms with Gasteiger partial charge in [0.05, 0.1) is 11.6 Å². The second-order valence-electron chi connectivity index (χ2n) is 4.83. The van der Waals surface area contributed by atoms with E-state index in [1.165, 1.54) is 23.5 Å². The fourth-order valence-electron chi connectivity index (χ4n) is 2.25. The zero-order valence-electron chi connectivity index (χ0n) is 10.6. The number of amides is 1. The molecule has 3 rings (SSSR count). The van der Waals surface area contributed by atoms with Crippen molar-refractivity contribution in [2.75, 3.05) is 19.8 Å². The summed E-state index contributed by atoms with van der Waals surface area (Å²) < 4.78 is 19.1. The van der Waals surface area contributed by atoms with Gasteiger partial charge in [-0.15, -0.1) is 11.3 Å². The zero-order chi connectivity index (χ0) is 14.1. The number of rotatable bonds is 3. The third-order valence-corrected chi connectivity index (χ3v) is 5.03. The van der Waals surface area contributed by atoms with E-state index in [1.54, 1.807) is 6.07 Å². The molecule has 0 bridgehead atoms. The van der Waals surface area contributed by atoms with E-state index in [4.69, 9.17) is 16.3 Å². The Bertz CT molecular complexity index is 652. The summed E-state index contributed by atoms with van der Waals surface area (Å²) in [7, 11) is 0. The summed E-state index contributed by atoms with van der Waals surface area (Å²) >= 11 is 7.42. The Labute approximate surface area is 124 Å². The molecular weight excluding hydrogens is 301 g/mol. The predicted molar refractivity (Wildman–Crippen MR) is 78.1 cm³/mol. The van der Waals surface area contributed by atoms with Crippen LogP contribution in [0.25, 0.3) is 10.1 Å². The molecule has 20 heavy (non-hydrogen) atoms. The van der Waals surface area contributed by atoms with E-state index in [9.17, 15) is 9.18 Å². The Hall–Kier alpha value is -1.17. The van der Waals surface area contributed by atoms with Crippen molar-refractivity contribution in [2.45, 2.75) is 6.42 Å². The van der Waals surface area contributed by atoms with E-state index in [0.29, 0.717) is 39.1 Å². The normalized spacial score (nSPS) is 18.6. The van der Waals surface area contributed by atoms with E-state index in [1.807, 2.05) is 0 Å². The molecule has 0 saturated carbocycles. The van der Waals surface area contributed by atoms with Crippen LogP contribution in [0.3, 0.4) is 0 Å². The van der Waals surface area contributed by atoms with E-state index in [2.05, 4.69) is 5.32 Å². The third-order valence-electron chi connectivity index (χ3n) is 3.37. The topological polar surface area (TPSA) is 38.3 Å². The molecule has 1 aromatic heterocycles. The summed E-state index contributed by atoms with van der Waals surface area (Å²) in [5.74, 6) is -0.168.